The third-order valence-electron chi connectivity index (χ3n) is 3.97. The molecule has 21 heavy (non-hydrogen) atoms. The number of rotatable bonds is 6. The summed E-state index contributed by atoms with van der Waals surface area (Å²) in [5.74, 6) is 0.366. The number of carbonyl (C=O) groups excluding carboxylic acids is 1. The Morgan fingerprint density at radius 2 is 1.90 bits per heavy atom. The molecule has 116 valence electrons. The van der Waals surface area contributed by atoms with Crippen LogP contribution in [-0.2, 0) is 10.0 Å². The fraction of sp³-hybridized carbons (Fsp3) is 0.533. The highest BCUT2D eigenvalue weighted by Crippen LogP contribution is 2.39. The molecule has 5 nitrogen and oxygen atoms in total. The van der Waals surface area contributed by atoms with Gasteiger partial charge in [0, 0.05) is 5.41 Å². The Kier molecular flexibility index (Phi) is 4.68. The van der Waals surface area contributed by atoms with Crippen molar-refractivity contribution in [1.29, 1.82) is 0 Å². The van der Waals surface area contributed by atoms with E-state index < -0.39 is 15.4 Å². The first kappa shape index (κ1) is 16.0. The first-order valence-corrected chi connectivity index (χ1v) is 8.76. The second-order valence-electron chi connectivity index (χ2n) is 5.86. The number of ketones is 1. The molecule has 0 aromatic heterocycles. The SMILES string of the molecule is CC(=O)c1ccccc1OCC1(CS(N)(=O)=O)CCCC1. The van der Waals surface area contributed by atoms with E-state index >= 15 is 0 Å². The highest BCUT2D eigenvalue weighted by atomic mass is 32.2. The van der Waals surface area contributed by atoms with E-state index in [2.05, 4.69) is 0 Å². The molecule has 0 atom stereocenters. The summed E-state index contributed by atoms with van der Waals surface area (Å²) in [4.78, 5) is 11.6. The molecule has 1 saturated carbocycles. The molecular formula is C15H21NO4S. The van der Waals surface area contributed by atoms with Crippen LogP contribution in [0.5, 0.6) is 5.75 Å². The molecule has 0 bridgehead atoms. The van der Waals surface area contributed by atoms with E-state index in [1.807, 2.05) is 0 Å². The number of sulfonamides is 1. The van der Waals surface area contributed by atoms with Gasteiger partial charge in [-0.3, -0.25) is 4.79 Å². The molecule has 0 saturated heterocycles. The second kappa shape index (κ2) is 6.15. The van der Waals surface area contributed by atoms with E-state index in [-0.39, 0.29) is 18.1 Å². The van der Waals surface area contributed by atoms with Gasteiger partial charge in [-0.05, 0) is 31.9 Å². The van der Waals surface area contributed by atoms with Crippen molar-refractivity contribution >= 4 is 15.8 Å². The summed E-state index contributed by atoms with van der Waals surface area (Å²) in [7, 11) is -3.54. The van der Waals surface area contributed by atoms with Gasteiger partial charge in [0.2, 0.25) is 10.0 Å². The Morgan fingerprint density at radius 1 is 1.29 bits per heavy atom. The highest BCUT2D eigenvalue weighted by molar-refractivity contribution is 7.89. The number of hydrogen-bond acceptors (Lipinski definition) is 4. The standard InChI is InChI=1S/C15H21NO4S/c1-12(17)13-6-2-3-7-14(13)20-10-15(8-4-5-9-15)11-21(16,18)19/h2-3,6-7H,4-5,8-11H2,1H3,(H2,16,18,19). The summed E-state index contributed by atoms with van der Waals surface area (Å²) in [5, 5.41) is 5.21. The molecule has 0 aliphatic heterocycles. The molecule has 1 aromatic carbocycles. The molecule has 6 heteroatoms. The Morgan fingerprint density at radius 3 is 2.48 bits per heavy atom. The largest absolute Gasteiger partial charge is 0.492 e. The first-order chi connectivity index (χ1) is 9.81. The third-order valence-corrected chi connectivity index (χ3v) is 4.99. The molecule has 0 spiro atoms. The molecular weight excluding hydrogens is 290 g/mol. The lowest BCUT2D eigenvalue weighted by Crippen LogP contribution is -2.36. The van der Waals surface area contributed by atoms with Crippen molar-refractivity contribution < 1.29 is 17.9 Å². The van der Waals surface area contributed by atoms with E-state index in [0.717, 1.165) is 25.7 Å². The Hall–Kier alpha value is -1.40. The van der Waals surface area contributed by atoms with Gasteiger partial charge < -0.3 is 4.74 Å². The molecule has 2 rings (SSSR count). The monoisotopic (exact) mass is 311 g/mol. The third kappa shape index (κ3) is 4.28. The lowest BCUT2D eigenvalue weighted by Gasteiger charge is -2.28. The summed E-state index contributed by atoms with van der Waals surface area (Å²) in [5.41, 5.74) is 0.0820. The van der Waals surface area contributed by atoms with Crippen molar-refractivity contribution in [1.82, 2.24) is 0 Å². The number of Topliss-reactive ketones (excluding diaryl/α,β-unsaturated/α-hetero) is 1. The van der Waals surface area contributed by atoms with Crippen LogP contribution in [0.3, 0.4) is 0 Å². The Labute approximate surface area is 125 Å². The average Bonchev–Trinajstić information content (AvgIpc) is 2.83. The maximum Gasteiger partial charge on any atom is 0.209 e. The van der Waals surface area contributed by atoms with Gasteiger partial charge in [0.05, 0.1) is 17.9 Å². The molecule has 0 heterocycles. The number of primary sulfonamides is 1. The van der Waals surface area contributed by atoms with Crippen molar-refractivity contribution in [2.75, 3.05) is 12.4 Å². The van der Waals surface area contributed by atoms with Gasteiger partial charge in [-0.2, -0.15) is 0 Å². The van der Waals surface area contributed by atoms with Crippen molar-refractivity contribution in [2.45, 2.75) is 32.6 Å². The van der Waals surface area contributed by atoms with Crippen LogP contribution in [0.15, 0.2) is 24.3 Å². The van der Waals surface area contributed by atoms with Crippen LogP contribution in [0.2, 0.25) is 0 Å². The smallest absolute Gasteiger partial charge is 0.209 e. The van der Waals surface area contributed by atoms with Crippen LogP contribution in [0.1, 0.15) is 43.0 Å². The molecule has 0 amide bonds. The van der Waals surface area contributed by atoms with Gasteiger partial charge in [0.1, 0.15) is 5.75 Å². The number of hydrogen-bond donors (Lipinski definition) is 1. The topological polar surface area (TPSA) is 86.5 Å². The normalized spacial score (nSPS) is 17.6. The Bertz CT molecular complexity index is 618. The molecule has 1 aliphatic rings. The van der Waals surface area contributed by atoms with Crippen LogP contribution < -0.4 is 9.88 Å². The summed E-state index contributed by atoms with van der Waals surface area (Å²) >= 11 is 0. The zero-order valence-corrected chi connectivity index (χ0v) is 13.0. The van der Waals surface area contributed by atoms with Gasteiger partial charge in [0.15, 0.2) is 5.78 Å². The predicted octanol–water partition coefficient (Wildman–Crippen LogP) is 2.12. The zero-order chi connectivity index (χ0) is 15.5. The summed E-state index contributed by atoms with van der Waals surface area (Å²) < 4.78 is 28.7. The maximum atomic E-state index is 11.6. The van der Waals surface area contributed by atoms with Crippen LogP contribution in [0.25, 0.3) is 0 Å². The number of nitrogens with two attached hydrogens (primary N) is 1. The van der Waals surface area contributed by atoms with Crippen molar-refractivity contribution in [3.05, 3.63) is 29.8 Å². The van der Waals surface area contributed by atoms with E-state index in [0.29, 0.717) is 11.3 Å². The molecule has 0 unspecified atom stereocenters. The van der Waals surface area contributed by atoms with Crippen LogP contribution in [0.4, 0.5) is 0 Å². The van der Waals surface area contributed by atoms with Crippen LogP contribution >= 0.6 is 0 Å². The first-order valence-electron chi connectivity index (χ1n) is 7.05. The minimum absolute atomic E-state index is 0.0672. The summed E-state index contributed by atoms with van der Waals surface area (Å²) in [6, 6.07) is 7.01. The van der Waals surface area contributed by atoms with E-state index in [4.69, 9.17) is 9.88 Å². The van der Waals surface area contributed by atoms with Crippen molar-refractivity contribution in [2.24, 2.45) is 10.6 Å². The minimum atomic E-state index is -3.54. The van der Waals surface area contributed by atoms with Gasteiger partial charge in [0.25, 0.3) is 0 Å². The molecule has 1 fully saturated rings. The van der Waals surface area contributed by atoms with Crippen molar-refractivity contribution in [3.8, 4) is 5.75 Å². The van der Waals surface area contributed by atoms with Gasteiger partial charge in [-0.25, -0.2) is 13.6 Å². The lowest BCUT2D eigenvalue weighted by molar-refractivity contribution is 0.100. The molecule has 2 N–H and O–H groups in total. The van der Waals surface area contributed by atoms with Gasteiger partial charge >= 0.3 is 0 Å². The quantitative estimate of drug-likeness (QED) is 0.815. The number of ether oxygens (including phenoxy) is 1. The maximum absolute atomic E-state index is 11.6. The van der Waals surface area contributed by atoms with E-state index in [1.54, 1.807) is 24.3 Å². The van der Waals surface area contributed by atoms with Gasteiger partial charge in [-0.1, -0.05) is 25.0 Å². The highest BCUT2D eigenvalue weighted by Gasteiger charge is 2.38. The van der Waals surface area contributed by atoms with E-state index in [1.165, 1.54) is 6.92 Å². The van der Waals surface area contributed by atoms with Gasteiger partial charge in [-0.15, -0.1) is 0 Å². The molecule has 0 radical (unpaired) electrons. The summed E-state index contributed by atoms with van der Waals surface area (Å²) in [6.07, 6.45) is 3.53. The lowest BCUT2D eigenvalue weighted by atomic mass is 9.90. The zero-order valence-electron chi connectivity index (χ0n) is 12.2. The summed E-state index contributed by atoms with van der Waals surface area (Å²) in [6.45, 7) is 1.76. The number of carbonyl (C=O) groups is 1. The minimum Gasteiger partial charge on any atom is -0.492 e. The second-order valence-corrected chi connectivity index (χ2v) is 7.47. The van der Waals surface area contributed by atoms with Crippen LogP contribution in [0, 0.1) is 5.41 Å². The van der Waals surface area contributed by atoms with Crippen molar-refractivity contribution in [3.63, 3.8) is 0 Å². The number of benzene rings is 1. The predicted molar refractivity (Wildman–Crippen MR) is 80.8 cm³/mol. The fourth-order valence-electron chi connectivity index (χ4n) is 3.00. The molecule has 1 aromatic rings. The van der Waals surface area contributed by atoms with E-state index in [9.17, 15) is 13.2 Å². The average molecular weight is 311 g/mol. The Balaban J connectivity index is 2.15. The molecule has 1 aliphatic carbocycles. The van der Waals surface area contributed by atoms with Crippen LogP contribution in [-0.4, -0.2) is 26.6 Å². The fourth-order valence-corrected chi connectivity index (χ4v) is 4.22. The number of para-hydroxylation sites is 1.